The van der Waals surface area contributed by atoms with Crippen LogP contribution in [-0.4, -0.2) is 6.54 Å². The molecule has 4 heteroatoms. The molecule has 2 aromatic rings. The molecule has 0 fully saturated rings. The molecule has 1 atom stereocenters. The second kappa shape index (κ2) is 8.51. The van der Waals surface area contributed by atoms with Crippen molar-refractivity contribution >= 4 is 50.1 Å². The van der Waals surface area contributed by atoms with Gasteiger partial charge >= 0.3 is 0 Å². The monoisotopic (exact) mass is 477 g/mol. The summed E-state index contributed by atoms with van der Waals surface area (Å²) in [6.45, 7) is 3.19. The summed E-state index contributed by atoms with van der Waals surface area (Å²) >= 11 is 12.1. The minimum absolute atomic E-state index is 0.285. The lowest BCUT2D eigenvalue weighted by Crippen LogP contribution is -2.24. The lowest BCUT2D eigenvalue weighted by atomic mass is 9.98. The largest absolute Gasteiger partial charge is 0.310 e. The zero-order valence-electron chi connectivity index (χ0n) is 11.9. The number of hydrogen-bond donors (Lipinski definition) is 1. The zero-order valence-corrected chi connectivity index (χ0v) is 16.4. The van der Waals surface area contributed by atoms with Crippen molar-refractivity contribution in [1.82, 2.24) is 5.32 Å². The van der Waals surface area contributed by atoms with E-state index < -0.39 is 0 Å². The second-order valence-electron chi connectivity index (χ2n) is 5.01. The van der Waals surface area contributed by atoms with E-state index in [1.807, 2.05) is 18.2 Å². The number of benzene rings is 2. The highest BCUT2D eigenvalue weighted by molar-refractivity contribution is 14.1. The highest BCUT2D eigenvalue weighted by Gasteiger charge is 2.15. The second-order valence-corrected chi connectivity index (χ2v) is 7.54. The van der Waals surface area contributed by atoms with Crippen molar-refractivity contribution in [3.8, 4) is 0 Å². The van der Waals surface area contributed by atoms with Crippen molar-refractivity contribution in [2.24, 2.45) is 0 Å². The van der Waals surface area contributed by atoms with Crippen LogP contribution in [0, 0.1) is 3.57 Å². The van der Waals surface area contributed by atoms with E-state index in [1.165, 1.54) is 14.7 Å². The van der Waals surface area contributed by atoms with Gasteiger partial charge in [0.1, 0.15) is 0 Å². The Morgan fingerprint density at radius 3 is 2.76 bits per heavy atom. The van der Waals surface area contributed by atoms with E-state index in [0.29, 0.717) is 0 Å². The molecule has 0 radical (unpaired) electrons. The first-order valence-electron chi connectivity index (χ1n) is 7.03. The fraction of sp³-hybridized carbons (Fsp3) is 0.294. The molecule has 1 unspecified atom stereocenters. The number of halogens is 3. The molecule has 0 amide bonds. The van der Waals surface area contributed by atoms with Gasteiger partial charge in [0.2, 0.25) is 0 Å². The van der Waals surface area contributed by atoms with Gasteiger partial charge in [0.15, 0.2) is 0 Å². The normalized spacial score (nSPS) is 12.4. The third-order valence-corrected chi connectivity index (χ3v) is 4.93. The molecule has 0 spiro atoms. The van der Waals surface area contributed by atoms with Crippen molar-refractivity contribution in [3.05, 3.63) is 66.7 Å². The van der Waals surface area contributed by atoms with Crippen LogP contribution in [0.4, 0.5) is 0 Å². The van der Waals surface area contributed by atoms with E-state index in [4.69, 9.17) is 11.6 Å². The van der Waals surface area contributed by atoms with E-state index in [9.17, 15) is 0 Å². The lowest BCUT2D eigenvalue weighted by Gasteiger charge is -2.21. The molecule has 21 heavy (non-hydrogen) atoms. The summed E-state index contributed by atoms with van der Waals surface area (Å²) in [5, 5.41) is 4.44. The molecule has 112 valence electrons. The quantitative estimate of drug-likeness (QED) is 0.503. The molecular formula is C17H18BrClIN. The first-order chi connectivity index (χ1) is 10.1. The predicted octanol–water partition coefficient (Wildman–Crippen LogP) is 5.99. The molecule has 0 bridgehead atoms. The molecule has 1 N–H and O–H groups in total. The third kappa shape index (κ3) is 5.23. The molecule has 0 aliphatic rings. The Morgan fingerprint density at radius 1 is 1.24 bits per heavy atom. The predicted molar refractivity (Wildman–Crippen MR) is 103 cm³/mol. The van der Waals surface area contributed by atoms with Gasteiger partial charge < -0.3 is 5.32 Å². The molecule has 0 heterocycles. The minimum Gasteiger partial charge on any atom is -0.310 e. The highest BCUT2D eigenvalue weighted by Crippen LogP contribution is 2.28. The summed E-state index contributed by atoms with van der Waals surface area (Å²) in [5.41, 5.74) is 2.55. The molecule has 0 saturated carbocycles. The van der Waals surface area contributed by atoms with Gasteiger partial charge in [0.05, 0.1) is 0 Å². The Balaban J connectivity index is 2.27. The van der Waals surface area contributed by atoms with E-state index in [1.54, 1.807) is 0 Å². The fourth-order valence-corrected chi connectivity index (χ4v) is 3.54. The van der Waals surface area contributed by atoms with Gasteiger partial charge in [-0.15, -0.1) is 0 Å². The molecule has 1 nitrogen and oxygen atoms in total. The summed E-state index contributed by atoms with van der Waals surface area (Å²) in [7, 11) is 0. The van der Waals surface area contributed by atoms with Gasteiger partial charge in [-0.1, -0.05) is 46.6 Å². The smallest absolute Gasteiger partial charge is 0.0408 e. The summed E-state index contributed by atoms with van der Waals surface area (Å²) in [6, 6.07) is 14.9. The van der Waals surface area contributed by atoms with E-state index in [-0.39, 0.29) is 6.04 Å². The molecule has 0 saturated heterocycles. The average molecular weight is 479 g/mol. The van der Waals surface area contributed by atoms with E-state index in [0.717, 1.165) is 28.9 Å². The van der Waals surface area contributed by atoms with Crippen LogP contribution in [0.2, 0.25) is 5.02 Å². The van der Waals surface area contributed by atoms with Crippen LogP contribution in [0.25, 0.3) is 0 Å². The molecule has 2 aromatic carbocycles. The lowest BCUT2D eigenvalue weighted by molar-refractivity contribution is 0.527. The van der Waals surface area contributed by atoms with Crippen LogP contribution in [0.5, 0.6) is 0 Å². The number of rotatable bonds is 6. The SMILES string of the molecule is CCCNC(Cc1cccc(Cl)c1)c1cc(I)ccc1Br. The van der Waals surface area contributed by atoms with Crippen molar-refractivity contribution < 1.29 is 0 Å². The van der Waals surface area contributed by atoms with Gasteiger partial charge in [0, 0.05) is 19.1 Å². The molecule has 0 aliphatic heterocycles. The van der Waals surface area contributed by atoms with Gasteiger partial charge in [-0.2, -0.15) is 0 Å². The maximum absolute atomic E-state index is 6.10. The van der Waals surface area contributed by atoms with Crippen molar-refractivity contribution in [2.45, 2.75) is 25.8 Å². The third-order valence-electron chi connectivity index (χ3n) is 3.30. The zero-order chi connectivity index (χ0) is 15.2. The Hall–Kier alpha value is -0.100. The van der Waals surface area contributed by atoms with E-state index >= 15 is 0 Å². The molecule has 0 aliphatic carbocycles. The number of nitrogens with one attached hydrogen (secondary N) is 1. The molecule has 0 aromatic heterocycles. The summed E-state index contributed by atoms with van der Waals surface area (Å²) < 4.78 is 2.40. The molecule has 2 rings (SSSR count). The maximum Gasteiger partial charge on any atom is 0.0408 e. The van der Waals surface area contributed by atoms with Crippen molar-refractivity contribution in [1.29, 1.82) is 0 Å². The minimum atomic E-state index is 0.285. The summed E-state index contributed by atoms with van der Waals surface area (Å²) in [5.74, 6) is 0. The van der Waals surface area contributed by atoms with Crippen molar-refractivity contribution in [2.75, 3.05) is 6.54 Å². The van der Waals surface area contributed by atoms with Crippen LogP contribution < -0.4 is 5.32 Å². The van der Waals surface area contributed by atoms with Gasteiger partial charge in [0.25, 0.3) is 0 Å². The Bertz CT molecular complexity index is 603. The summed E-state index contributed by atoms with van der Waals surface area (Å²) in [6.07, 6.45) is 2.05. The van der Waals surface area contributed by atoms with E-state index in [2.05, 4.69) is 75.0 Å². The van der Waals surface area contributed by atoms with Crippen LogP contribution in [0.1, 0.15) is 30.5 Å². The van der Waals surface area contributed by atoms with Crippen LogP contribution in [0.15, 0.2) is 46.9 Å². The van der Waals surface area contributed by atoms with Gasteiger partial charge in [-0.25, -0.2) is 0 Å². The number of hydrogen-bond acceptors (Lipinski definition) is 1. The molecular weight excluding hydrogens is 460 g/mol. The van der Waals surface area contributed by atoms with Crippen LogP contribution in [0.3, 0.4) is 0 Å². The maximum atomic E-state index is 6.10. The van der Waals surface area contributed by atoms with Gasteiger partial charge in [-0.3, -0.25) is 0 Å². The standard InChI is InChI=1S/C17H18BrClIN/c1-2-8-21-17(10-12-4-3-5-13(19)9-12)15-11-14(20)6-7-16(15)18/h3-7,9,11,17,21H,2,8,10H2,1H3. The van der Waals surface area contributed by atoms with Crippen LogP contribution >= 0.6 is 50.1 Å². The van der Waals surface area contributed by atoms with Crippen LogP contribution in [-0.2, 0) is 6.42 Å². The topological polar surface area (TPSA) is 12.0 Å². The Morgan fingerprint density at radius 2 is 2.05 bits per heavy atom. The summed E-state index contributed by atoms with van der Waals surface area (Å²) in [4.78, 5) is 0. The Kier molecular flexibility index (Phi) is 6.99. The first-order valence-corrected chi connectivity index (χ1v) is 9.28. The highest BCUT2D eigenvalue weighted by atomic mass is 127. The van der Waals surface area contributed by atoms with Crippen molar-refractivity contribution in [3.63, 3.8) is 0 Å². The van der Waals surface area contributed by atoms with Gasteiger partial charge in [-0.05, 0) is 83.4 Å². The average Bonchev–Trinajstić information content (AvgIpc) is 2.46. The first kappa shape index (κ1) is 17.3. The fourth-order valence-electron chi connectivity index (χ4n) is 2.29. The Labute approximate surface area is 153 Å².